The summed E-state index contributed by atoms with van der Waals surface area (Å²) in [6.07, 6.45) is 2.42. The van der Waals surface area contributed by atoms with E-state index in [1.54, 1.807) is 11.9 Å². The standard InChI is InChI=1S/C14H18N2O5/c1-15(6-7-21-9-10-2-3-10)13-8-11(14(17)18)4-5-12(13)16(19)20/h4-5,8,10H,2-3,6-7,9H2,1H3,(H,17,18). The summed E-state index contributed by atoms with van der Waals surface area (Å²) >= 11 is 0. The molecule has 0 atom stereocenters. The zero-order valence-electron chi connectivity index (χ0n) is 11.8. The van der Waals surface area contributed by atoms with Crippen LogP contribution < -0.4 is 4.90 Å². The molecule has 0 amide bonds. The van der Waals surface area contributed by atoms with E-state index in [4.69, 9.17) is 9.84 Å². The van der Waals surface area contributed by atoms with E-state index >= 15 is 0 Å². The summed E-state index contributed by atoms with van der Waals surface area (Å²) in [7, 11) is 1.69. The van der Waals surface area contributed by atoms with Crippen LogP contribution in [0.4, 0.5) is 11.4 Å². The first-order chi connectivity index (χ1) is 9.99. The number of nitro groups is 1. The molecule has 114 valence electrons. The number of anilines is 1. The number of hydrogen-bond donors (Lipinski definition) is 1. The SMILES string of the molecule is CN(CCOCC1CC1)c1cc(C(=O)O)ccc1[N+](=O)[O-]. The van der Waals surface area contributed by atoms with E-state index in [1.165, 1.54) is 31.0 Å². The Balaban J connectivity index is 2.04. The van der Waals surface area contributed by atoms with Gasteiger partial charge in [0.25, 0.3) is 5.69 Å². The summed E-state index contributed by atoms with van der Waals surface area (Å²) in [6.45, 7) is 1.66. The number of benzene rings is 1. The Morgan fingerprint density at radius 1 is 1.52 bits per heavy atom. The number of hydrogen-bond acceptors (Lipinski definition) is 5. The summed E-state index contributed by atoms with van der Waals surface area (Å²) in [5.74, 6) is -0.440. The summed E-state index contributed by atoms with van der Waals surface area (Å²) in [6, 6.07) is 3.78. The normalized spacial score (nSPS) is 14.0. The van der Waals surface area contributed by atoms with Gasteiger partial charge >= 0.3 is 5.97 Å². The zero-order chi connectivity index (χ0) is 15.4. The smallest absolute Gasteiger partial charge is 0.335 e. The summed E-state index contributed by atoms with van der Waals surface area (Å²) in [5.41, 5.74) is 0.209. The molecule has 1 saturated carbocycles. The molecule has 1 N–H and O–H groups in total. The van der Waals surface area contributed by atoms with Crippen LogP contribution in [0.5, 0.6) is 0 Å². The molecule has 1 aliphatic carbocycles. The summed E-state index contributed by atoms with van der Waals surface area (Å²) < 4.78 is 5.50. The minimum Gasteiger partial charge on any atom is -0.478 e. The Morgan fingerprint density at radius 2 is 2.24 bits per heavy atom. The molecule has 1 aromatic carbocycles. The van der Waals surface area contributed by atoms with Crippen LogP contribution in [0.1, 0.15) is 23.2 Å². The highest BCUT2D eigenvalue weighted by Gasteiger charge is 2.22. The number of nitrogens with zero attached hydrogens (tertiary/aromatic N) is 2. The van der Waals surface area contributed by atoms with E-state index in [-0.39, 0.29) is 16.9 Å². The molecular weight excluding hydrogens is 276 g/mol. The van der Waals surface area contributed by atoms with Gasteiger partial charge in [-0.1, -0.05) is 0 Å². The minimum atomic E-state index is -1.11. The number of rotatable bonds is 8. The van der Waals surface area contributed by atoms with Crippen molar-refractivity contribution >= 4 is 17.3 Å². The Kier molecular flexibility index (Phi) is 4.74. The Bertz CT molecular complexity index is 542. The van der Waals surface area contributed by atoms with Crippen molar-refractivity contribution in [2.45, 2.75) is 12.8 Å². The molecule has 7 nitrogen and oxygen atoms in total. The van der Waals surface area contributed by atoms with E-state index in [0.717, 1.165) is 6.61 Å². The molecule has 0 saturated heterocycles. The summed E-state index contributed by atoms with van der Waals surface area (Å²) in [5, 5.41) is 20.0. The third-order valence-electron chi connectivity index (χ3n) is 3.45. The second kappa shape index (κ2) is 6.53. The van der Waals surface area contributed by atoms with Crippen LogP contribution in [0.15, 0.2) is 18.2 Å². The van der Waals surface area contributed by atoms with Gasteiger partial charge in [0.1, 0.15) is 5.69 Å². The lowest BCUT2D eigenvalue weighted by Crippen LogP contribution is -2.24. The van der Waals surface area contributed by atoms with Gasteiger partial charge in [-0.3, -0.25) is 10.1 Å². The lowest BCUT2D eigenvalue weighted by atomic mass is 10.1. The number of aromatic carboxylic acids is 1. The molecule has 0 spiro atoms. The predicted octanol–water partition coefficient (Wildman–Crippen LogP) is 2.16. The number of carboxylic acids is 1. The molecule has 0 aliphatic heterocycles. The van der Waals surface area contributed by atoms with Gasteiger partial charge in [-0.15, -0.1) is 0 Å². The van der Waals surface area contributed by atoms with Crippen LogP contribution in [0.2, 0.25) is 0 Å². The van der Waals surface area contributed by atoms with Crippen molar-refractivity contribution in [2.75, 3.05) is 31.7 Å². The third kappa shape index (κ3) is 4.16. The highest BCUT2D eigenvalue weighted by Crippen LogP contribution is 2.30. The lowest BCUT2D eigenvalue weighted by molar-refractivity contribution is -0.384. The van der Waals surface area contributed by atoms with Gasteiger partial charge in [0.15, 0.2) is 0 Å². The fourth-order valence-corrected chi connectivity index (χ4v) is 1.97. The number of ether oxygens (including phenoxy) is 1. The van der Waals surface area contributed by atoms with Crippen LogP contribution in [-0.2, 0) is 4.74 Å². The van der Waals surface area contributed by atoms with Crippen LogP contribution in [0.3, 0.4) is 0 Å². The van der Waals surface area contributed by atoms with Crippen LogP contribution in [0, 0.1) is 16.0 Å². The molecule has 0 unspecified atom stereocenters. The second-order valence-corrected chi connectivity index (χ2v) is 5.21. The maximum atomic E-state index is 11.0. The van der Waals surface area contributed by atoms with E-state index in [2.05, 4.69) is 0 Å². The number of carbonyl (C=O) groups is 1. The lowest BCUT2D eigenvalue weighted by Gasteiger charge is -2.19. The Morgan fingerprint density at radius 3 is 2.81 bits per heavy atom. The highest BCUT2D eigenvalue weighted by molar-refractivity contribution is 5.90. The third-order valence-corrected chi connectivity index (χ3v) is 3.45. The van der Waals surface area contributed by atoms with E-state index in [1.807, 2.05) is 0 Å². The quantitative estimate of drug-likeness (QED) is 0.448. The molecule has 1 aromatic rings. The minimum absolute atomic E-state index is 0.0290. The summed E-state index contributed by atoms with van der Waals surface area (Å²) in [4.78, 5) is 23.2. The molecule has 0 heterocycles. The van der Waals surface area contributed by atoms with Crippen molar-refractivity contribution in [2.24, 2.45) is 5.92 Å². The number of carboxylic acid groups (broad SMARTS) is 1. The maximum Gasteiger partial charge on any atom is 0.335 e. The van der Waals surface area contributed by atoms with Gasteiger partial charge in [0.2, 0.25) is 0 Å². The van der Waals surface area contributed by atoms with Gasteiger partial charge in [0, 0.05) is 26.3 Å². The topological polar surface area (TPSA) is 92.9 Å². The van der Waals surface area contributed by atoms with Crippen molar-refractivity contribution in [3.63, 3.8) is 0 Å². The average molecular weight is 294 g/mol. The van der Waals surface area contributed by atoms with E-state index in [9.17, 15) is 14.9 Å². The fourth-order valence-electron chi connectivity index (χ4n) is 1.97. The molecular formula is C14H18N2O5. The monoisotopic (exact) mass is 294 g/mol. The number of nitro benzene ring substituents is 1. The largest absolute Gasteiger partial charge is 0.478 e. The molecule has 7 heteroatoms. The highest BCUT2D eigenvalue weighted by atomic mass is 16.6. The molecule has 0 aromatic heterocycles. The molecule has 21 heavy (non-hydrogen) atoms. The van der Waals surface area contributed by atoms with Gasteiger partial charge in [-0.25, -0.2) is 4.79 Å². The Labute approximate surface area is 122 Å². The molecule has 1 fully saturated rings. The van der Waals surface area contributed by atoms with Crippen LogP contribution in [0.25, 0.3) is 0 Å². The van der Waals surface area contributed by atoms with Gasteiger partial charge < -0.3 is 14.7 Å². The first-order valence-electron chi connectivity index (χ1n) is 6.79. The molecule has 0 radical (unpaired) electrons. The fraction of sp³-hybridized carbons (Fsp3) is 0.500. The average Bonchev–Trinajstić information content (AvgIpc) is 3.26. The van der Waals surface area contributed by atoms with Crippen molar-refractivity contribution < 1.29 is 19.6 Å². The van der Waals surface area contributed by atoms with Crippen LogP contribution >= 0.6 is 0 Å². The van der Waals surface area contributed by atoms with E-state index < -0.39 is 10.9 Å². The van der Waals surface area contributed by atoms with Gasteiger partial charge in [-0.2, -0.15) is 0 Å². The predicted molar refractivity (Wildman–Crippen MR) is 76.9 cm³/mol. The van der Waals surface area contributed by atoms with Crippen molar-refractivity contribution in [3.8, 4) is 0 Å². The number of likely N-dealkylation sites (N-methyl/N-ethyl adjacent to an activating group) is 1. The maximum absolute atomic E-state index is 11.0. The zero-order valence-corrected chi connectivity index (χ0v) is 11.8. The second-order valence-electron chi connectivity index (χ2n) is 5.21. The van der Waals surface area contributed by atoms with E-state index in [0.29, 0.717) is 19.1 Å². The molecule has 0 bridgehead atoms. The van der Waals surface area contributed by atoms with Crippen LogP contribution in [-0.4, -0.2) is 42.8 Å². The van der Waals surface area contributed by atoms with Crippen molar-refractivity contribution in [3.05, 3.63) is 33.9 Å². The van der Waals surface area contributed by atoms with Crippen molar-refractivity contribution in [1.29, 1.82) is 0 Å². The first kappa shape index (κ1) is 15.2. The first-order valence-corrected chi connectivity index (χ1v) is 6.79. The van der Waals surface area contributed by atoms with Gasteiger partial charge in [-0.05, 0) is 30.9 Å². The molecule has 2 rings (SSSR count). The Hall–Kier alpha value is -2.15. The van der Waals surface area contributed by atoms with Gasteiger partial charge in [0.05, 0.1) is 17.1 Å². The van der Waals surface area contributed by atoms with Crippen molar-refractivity contribution in [1.82, 2.24) is 0 Å². The molecule has 1 aliphatic rings.